The molecular formula is C18H23N3O2. The number of carbonyl (C=O) groups is 1. The van der Waals surface area contributed by atoms with E-state index < -0.39 is 0 Å². The Labute approximate surface area is 136 Å². The van der Waals surface area contributed by atoms with Gasteiger partial charge < -0.3 is 10.1 Å². The van der Waals surface area contributed by atoms with E-state index in [9.17, 15) is 4.79 Å². The molecule has 1 aromatic carbocycles. The van der Waals surface area contributed by atoms with Crippen LogP contribution in [0.3, 0.4) is 0 Å². The van der Waals surface area contributed by atoms with Crippen molar-refractivity contribution in [2.24, 2.45) is 7.05 Å². The second-order valence-electron chi connectivity index (χ2n) is 6.07. The van der Waals surface area contributed by atoms with Gasteiger partial charge in [0.05, 0.1) is 18.3 Å². The number of para-hydroxylation sites is 1. The number of rotatable bonds is 4. The zero-order chi connectivity index (χ0) is 16.4. The third kappa shape index (κ3) is 3.23. The molecule has 5 heteroatoms. The molecule has 1 aromatic heterocycles. The fraction of sp³-hybridized carbons (Fsp3) is 0.444. The van der Waals surface area contributed by atoms with Crippen LogP contribution in [0.15, 0.2) is 24.3 Å². The maximum Gasteiger partial charge on any atom is 0.220 e. The monoisotopic (exact) mass is 313 g/mol. The summed E-state index contributed by atoms with van der Waals surface area (Å²) < 4.78 is 7.51. The Hall–Kier alpha value is -2.30. The molecule has 23 heavy (non-hydrogen) atoms. The molecule has 5 nitrogen and oxygen atoms in total. The number of ether oxygens (including phenoxy) is 1. The van der Waals surface area contributed by atoms with E-state index in [1.807, 2.05) is 49.8 Å². The van der Waals surface area contributed by atoms with Gasteiger partial charge in [0.15, 0.2) is 0 Å². The van der Waals surface area contributed by atoms with E-state index in [2.05, 4.69) is 10.4 Å². The number of nitrogens with one attached hydrogen (secondary N) is 1. The maximum atomic E-state index is 12.3. The van der Waals surface area contributed by atoms with E-state index >= 15 is 0 Å². The Morgan fingerprint density at radius 1 is 1.39 bits per heavy atom. The van der Waals surface area contributed by atoms with Gasteiger partial charge in [-0.05, 0) is 31.9 Å². The maximum absolute atomic E-state index is 12.3. The zero-order valence-electron chi connectivity index (χ0n) is 13.9. The van der Waals surface area contributed by atoms with Crippen LogP contribution in [0.1, 0.15) is 41.4 Å². The van der Waals surface area contributed by atoms with Crippen LogP contribution in [0.25, 0.3) is 0 Å². The topological polar surface area (TPSA) is 56.2 Å². The molecule has 1 N–H and O–H groups in total. The minimum Gasteiger partial charge on any atom is -0.493 e. The van der Waals surface area contributed by atoms with Crippen LogP contribution >= 0.6 is 0 Å². The van der Waals surface area contributed by atoms with E-state index in [-0.39, 0.29) is 11.9 Å². The Balaban J connectivity index is 1.62. The van der Waals surface area contributed by atoms with E-state index in [1.54, 1.807) is 0 Å². The highest BCUT2D eigenvalue weighted by Crippen LogP contribution is 2.31. The van der Waals surface area contributed by atoms with Crippen molar-refractivity contribution in [3.05, 3.63) is 46.8 Å². The van der Waals surface area contributed by atoms with Crippen LogP contribution in [0.5, 0.6) is 5.75 Å². The van der Waals surface area contributed by atoms with Gasteiger partial charge in [0.25, 0.3) is 0 Å². The Bertz CT molecular complexity index is 721. The van der Waals surface area contributed by atoms with Gasteiger partial charge >= 0.3 is 0 Å². The molecule has 0 spiro atoms. The standard InChI is InChI=1S/C18H23N3O2/c1-12-14(13(2)21(3)20-12)8-9-18(22)19-16-10-11-23-17-7-5-4-6-15(16)17/h4-7,16H,8-11H2,1-3H3,(H,19,22). The smallest absolute Gasteiger partial charge is 0.220 e. The number of aromatic nitrogens is 2. The molecule has 3 rings (SSSR count). The first-order chi connectivity index (χ1) is 11.1. The highest BCUT2D eigenvalue weighted by atomic mass is 16.5. The summed E-state index contributed by atoms with van der Waals surface area (Å²) >= 11 is 0. The molecule has 0 fully saturated rings. The molecule has 1 aliphatic rings. The van der Waals surface area contributed by atoms with E-state index in [0.29, 0.717) is 13.0 Å². The lowest BCUT2D eigenvalue weighted by Gasteiger charge is -2.26. The molecule has 2 heterocycles. The molecular weight excluding hydrogens is 290 g/mol. The molecule has 0 saturated carbocycles. The van der Waals surface area contributed by atoms with Crippen LogP contribution in [0.2, 0.25) is 0 Å². The largest absolute Gasteiger partial charge is 0.493 e. The lowest BCUT2D eigenvalue weighted by atomic mass is 10.00. The van der Waals surface area contributed by atoms with Crippen LogP contribution in [0.4, 0.5) is 0 Å². The van der Waals surface area contributed by atoms with Crippen LogP contribution in [-0.4, -0.2) is 22.3 Å². The first kappa shape index (κ1) is 15.6. The van der Waals surface area contributed by atoms with Crippen LogP contribution in [0, 0.1) is 13.8 Å². The van der Waals surface area contributed by atoms with Crippen LogP contribution in [-0.2, 0) is 18.3 Å². The quantitative estimate of drug-likeness (QED) is 0.944. The predicted octanol–water partition coefficient (Wildman–Crippen LogP) is 2.61. The van der Waals surface area contributed by atoms with E-state index in [4.69, 9.17) is 4.74 Å². The number of benzene rings is 1. The van der Waals surface area contributed by atoms with E-state index in [1.165, 1.54) is 5.56 Å². The molecule has 1 atom stereocenters. The van der Waals surface area contributed by atoms with Crippen LogP contribution < -0.4 is 10.1 Å². The molecule has 122 valence electrons. The second-order valence-corrected chi connectivity index (χ2v) is 6.07. The summed E-state index contributed by atoms with van der Waals surface area (Å²) in [6, 6.07) is 7.96. The van der Waals surface area contributed by atoms with Gasteiger partial charge in [0, 0.05) is 31.1 Å². The van der Waals surface area contributed by atoms with Crippen molar-refractivity contribution in [1.82, 2.24) is 15.1 Å². The summed E-state index contributed by atoms with van der Waals surface area (Å²) in [6.45, 7) is 4.68. The van der Waals surface area contributed by atoms with Crippen molar-refractivity contribution in [2.45, 2.75) is 39.2 Å². The third-order valence-electron chi connectivity index (χ3n) is 4.55. The number of fused-ring (bicyclic) bond motifs is 1. The van der Waals surface area contributed by atoms with E-state index in [0.717, 1.165) is 35.5 Å². The molecule has 2 aromatic rings. The average molecular weight is 313 g/mol. The van der Waals surface area contributed by atoms with Gasteiger partial charge in [0.1, 0.15) is 5.75 Å². The van der Waals surface area contributed by atoms with Gasteiger partial charge in [-0.15, -0.1) is 0 Å². The molecule has 0 saturated heterocycles. The van der Waals surface area contributed by atoms with Crippen molar-refractivity contribution >= 4 is 5.91 Å². The van der Waals surface area contributed by atoms with Gasteiger partial charge in [-0.25, -0.2) is 0 Å². The fourth-order valence-electron chi connectivity index (χ4n) is 3.18. The number of nitrogens with zero attached hydrogens (tertiary/aromatic N) is 2. The number of hydrogen-bond donors (Lipinski definition) is 1. The molecule has 1 unspecified atom stereocenters. The molecule has 0 bridgehead atoms. The highest BCUT2D eigenvalue weighted by Gasteiger charge is 2.22. The van der Waals surface area contributed by atoms with Gasteiger partial charge in [-0.1, -0.05) is 18.2 Å². The summed E-state index contributed by atoms with van der Waals surface area (Å²) in [5.74, 6) is 0.956. The summed E-state index contributed by atoms with van der Waals surface area (Å²) in [5, 5.41) is 7.55. The number of aryl methyl sites for hydroxylation is 2. The summed E-state index contributed by atoms with van der Waals surface area (Å²) in [5.41, 5.74) is 4.39. The molecule has 1 aliphatic heterocycles. The fourth-order valence-corrected chi connectivity index (χ4v) is 3.18. The first-order valence-electron chi connectivity index (χ1n) is 8.06. The SMILES string of the molecule is Cc1nn(C)c(C)c1CCC(=O)NC1CCOc2ccccc21. The van der Waals surface area contributed by atoms with Gasteiger partial charge in [-0.3, -0.25) is 9.48 Å². The lowest BCUT2D eigenvalue weighted by Crippen LogP contribution is -2.32. The Morgan fingerprint density at radius 3 is 2.91 bits per heavy atom. The number of amides is 1. The number of hydrogen-bond acceptors (Lipinski definition) is 3. The van der Waals surface area contributed by atoms with Crippen molar-refractivity contribution in [3.63, 3.8) is 0 Å². The minimum atomic E-state index is 0.0449. The normalized spacial score (nSPS) is 16.6. The first-order valence-corrected chi connectivity index (χ1v) is 8.06. The van der Waals surface area contributed by atoms with Crippen molar-refractivity contribution in [3.8, 4) is 5.75 Å². The summed E-state index contributed by atoms with van der Waals surface area (Å²) in [6.07, 6.45) is 2.02. The lowest BCUT2D eigenvalue weighted by molar-refractivity contribution is -0.122. The van der Waals surface area contributed by atoms with Crippen molar-refractivity contribution in [1.29, 1.82) is 0 Å². The predicted molar refractivity (Wildman–Crippen MR) is 88.4 cm³/mol. The summed E-state index contributed by atoms with van der Waals surface area (Å²) in [4.78, 5) is 12.3. The number of carbonyl (C=O) groups excluding carboxylic acids is 1. The second kappa shape index (κ2) is 6.44. The van der Waals surface area contributed by atoms with Gasteiger partial charge in [-0.2, -0.15) is 5.10 Å². The minimum absolute atomic E-state index is 0.0449. The molecule has 0 radical (unpaired) electrons. The van der Waals surface area contributed by atoms with Crippen molar-refractivity contribution < 1.29 is 9.53 Å². The molecule has 1 amide bonds. The summed E-state index contributed by atoms with van der Waals surface area (Å²) in [7, 11) is 1.94. The third-order valence-corrected chi connectivity index (χ3v) is 4.55. The Morgan fingerprint density at radius 2 is 2.17 bits per heavy atom. The average Bonchev–Trinajstić information content (AvgIpc) is 2.78. The highest BCUT2D eigenvalue weighted by molar-refractivity contribution is 5.77. The van der Waals surface area contributed by atoms with Gasteiger partial charge in [0.2, 0.25) is 5.91 Å². The zero-order valence-corrected chi connectivity index (χ0v) is 13.9. The molecule has 0 aliphatic carbocycles. The van der Waals surface area contributed by atoms with Crippen molar-refractivity contribution in [2.75, 3.05) is 6.61 Å². The Kier molecular flexibility index (Phi) is 4.37.